The van der Waals surface area contributed by atoms with E-state index in [1.54, 1.807) is 12.5 Å². The predicted octanol–water partition coefficient (Wildman–Crippen LogP) is 3.50. The minimum absolute atomic E-state index is 0.0520. The van der Waals surface area contributed by atoms with Gasteiger partial charge in [-0.1, -0.05) is 11.6 Å². The highest BCUT2D eigenvalue weighted by Crippen LogP contribution is 2.23. The molecule has 4 nitrogen and oxygen atoms in total. The number of nitrogens with zero attached hydrogens (tertiary/aromatic N) is 2. The van der Waals surface area contributed by atoms with Crippen molar-refractivity contribution in [2.24, 2.45) is 0 Å². The summed E-state index contributed by atoms with van der Waals surface area (Å²) in [5, 5.41) is 4.18. The summed E-state index contributed by atoms with van der Waals surface area (Å²) < 4.78 is 7.87. The van der Waals surface area contributed by atoms with Crippen molar-refractivity contribution in [1.82, 2.24) is 14.9 Å². The molecule has 1 N–H and O–H groups in total. The van der Waals surface area contributed by atoms with E-state index in [4.69, 9.17) is 16.3 Å². The van der Waals surface area contributed by atoms with Crippen molar-refractivity contribution in [3.05, 3.63) is 47.5 Å². The fourth-order valence-corrected chi connectivity index (χ4v) is 2.06. The summed E-state index contributed by atoms with van der Waals surface area (Å²) in [5.74, 6) is 0.872. The highest BCUT2D eigenvalue weighted by atomic mass is 35.5. The van der Waals surface area contributed by atoms with Crippen LogP contribution >= 0.6 is 11.6 Å². The van der Waals surface area contributed by atoms with Crippen LogP contribution in [0.2, 0.25) is 5.02 Å². The molecule has 2 aromatic rings. The monoisotopic (exact) mass is 307 g/mol. The third-order valence-corrected chi connectivity index (χ3v) is 3.23. The first-order valence-electron chi connectivity index (χ1n) is 7.06. The molecule has 0 saturated heterocycles. The maximum atomic E-state index is 6.09. The number of ether oxygens (including phenoxy) is 1. The Labute approximate surface area is 131 Å². The second kappa shape index (κ2) is 6.96. The van der Waals surface area contributed by atoms with E-state index in [9.17, 15) is 0 Å². The van der Waals surface area contributed by atoms with E-state index in [1.165, 1.54) is 0 Å². The molecule has 1 aromatic carbocycles. The molecule has 0 amide bonds. The van der Waals surface area contributed by atoms with Gasteiger partial charge in [0.1, 0.15) is 12.4 Å². The summed E-state index contributed by atoms with van der Waals surface area (Å²) >= 11 is 6.09. The van der Waals surface area contributed by atoms with Gasteiger partial charge >= 0.3 is 0 Å². The maximum Gasteiger partial charge on any atom is 0.123 e. The van der Waals surface area contributed by atoms with E-state index in [1.807, 2.05) is 29.0 Å². The number of benzene rings is 1. The molecule has 0 spiro atoms. The molecule has 5 heteroatoms. The maximum absolute atomic E-state index is 6.09. The van der Waals surface area contributed by atoms with Gasteiger partial charge in [-0.3, -0.25) is 0 Å². The Balaban J connectivity index is 1.97. The van der Waals surface area contributed by atoms with Crippen LogP contribution in [0.3, 0.4) is 0 Å². The van der Waals surface area contributed by atoms with Gasteiger partial charge in [0.25, 0.3) is 0 Å². The molecule has 21 heavy (non-hydrogen) atoms. The minimum atomic E-state index is 0.0520. The molecule has 0 unspecified atom stereocenters. The molecular weight excluding hydrogens is 286 g/mol. The number of halogens is 1. The first-order valence-corrected chi connectivity index (χ1v) is 7.44. The molecule has 0 radical (unpaired) electrons. The largest absolute Gasteiger partial charge is 0.491 e. The summed E-state index contributed by atoms with van der Waals surface area (Å²) in [7, 11) is 0. The molecular formula is C16H22ClN3O. The second-order valence-electron chi connectivity index (χ2n) is 6.00. The van der Waals surface area contributed by atoms with E-state index >= 15 is 0 Å². The summed E-state index contributed by atoms with van der Waals surface area (Å²) in [6.45, 7) is 8.51. The van der Waals surface area contributed by atoms with E-state index < -0.39 is 0 Å². The van der Waals surface area contributed by atoms with Crippen LogP contribution in [-0.4, -0.2) is 21.7 Å². The molecule has 2 rings (SSSR count). The second-order valence-corrected chi connectivity index (χ2v) is 6.44. The van der Waals surface area contributed by atoms with Crippen LogP contribution in [0.25, 0.3) is 0 Å². The van der Waals surface area contributed by atoms with Crippen molar-refractivity contribution in [1.29, 1.82) is 0 Å². The highest BCUT2D eigenvalue weighted by Gasteiger charge is 2.11. The van der Waals surface area contributed by atoms with E-state index in [0.29, 0.717) is 6.61 Å². The van der Waals surface area contributed by atoms with Gasteiger partial charge in [-0.2, -0.15) is 0 Å². The lowest BCUT2D eigenvalue weighted by Crippen LogP contribution is -2.35. The fourth-order valence-electron chi connectivity index (χ4n) is 1.87. The Morgan fingerprint density at radius 3 is 2.81 bits per heavy atom. The molecule has 114 valence electrons. The number of imidazole rings is 1. The average molecular weight is 308 g/mol. The van der Waals surface area contributed by atoms with Crippen molar-refractivity contribution in [3.8, 4) is 5.75 Å². The van der Waals surface area contributed by atoms with E-state index in [2.05, 4.69) is 31.1 Å². The number of hydrogen-bond donors (Lipinski definition) is 1. The quantitative estimate of drug-likeness (QED) is 0.887. The lowest BCUT2D eigenvalue weighted by molar-refractivity contribution is 0.293. The van der Waals surface area contributed by atoms with E-state index in [0.717, 1.165) is 29.4 Å². The Morgan fingerprint density at radius 1 is 1.33 bits per heavy atom. The summed E-state index contributed by atoms with van der Waals surface area (Å²) in [5.41, 5.74) is 1.12. The molecule has 1 aromatic heterocycles. The van der Waals surface area contributed by atoms with Crippen LogP contribution < -0.4 is 10.1 Å². The molecule has 0 atom stereocenters. The predicted molar refractivity (Wildman–Crippen MR) is 85.8 cm³/mol. The molecule has 1 heterocycles. The number of hydrogen-bond acceptors (Lipinski definition) is 3. The lowest BCUT2D eigenvalue weighted by Gasteiger charge is -2.22. The van der Waals surface area contributed by atoms with Crippen LogP contribution in [0.15, 0.2) is 36.9 Å². The number of nitrogens with one attached hydrogen (secondary N) is 1. The zero-order valence-corrected chi connectivity index (χ0v) is 13.5. The van der Waals surface area contributed by atoms with E-state index in [-0.39, 0.29) is 5.54 Å². The smallest absolute Gasteiger partial charge is 0.123 e. The number of aromatic nitrogens is 2. The van der Waals surface area contributed by atoms with Crippen molar-refractivity contribution in [3.63, 3.8) is 0 Å². The summed E-state index contributed by atoms with van der Waals surface area (Å²) in [6, 6.07) is 5.73. The van der Waals surface area contributed by atoms with Crippen LogP contribution in [0.1, 0.15) is 26.3 Å². The Kier molecular flexibility index (Phi) is 5.26. The van der Waals surface area contributed by atoms with Gasteiger partial charge in [-0.25, -0.2) is 4.98 Å². The average Bonchev–Trinajstić information content (AvgIpc) is 2.91. The van der Waals surface area contributed by atoms with Crippen molar-refractivity contribution < 1.29 is 4.74 Å². The standard InChI is InChI=1S/C16H22ClN3O/c1-16(2,3)19-11-13-10-14(17)4-5-15(13)21-9-8-20-7-6-18-12-20/h4-7,10,12,19H,8-9,11H2,1-3H3. The van der Waals surface area contributed by atoms with Gasteiger partial charge in [0, 0.05) is 35.1 Å². The Bertz CT molecular complexity index is 561. The van der Waals surface area contributed by atoms with Gasteiger partial charge in [0.15, 0.2) is 0 Å². The Morgan fingerprint density at radius 2 is 2.14 bits per heavy atom. The van der Waals surface area contributed by atoms with Gasteiger partial charge in [0.2, 0.25) is 0 Å². The zero-order valence-electron chi connectivity index (χ0n) is 12.8. The molecule has 0 bridgehead atoms. The topological polar surface area (TPSA) is 39.1 Å². The SMILES string of the molecule is CC(C)(C)NCc1cc(Cl)ccc1OCCn1ccnc1. The number of rotatable bonds is 6. The molecule has 0 aliphatic heterocycles. The Hall–Kier alpha value is -1.52. The molecule has 0 aliphatic carbocycles. The van der Waals surface area contributed by atoms with Crippen molar-refractivity contribution in [2.75, 3.05) is 6.61 Å². The summed E-state index contributed by atoms with van der Waals surface area (Å²) in [6.07, 6.45) is 5.47. The van der Waals surface area contributed by atoms with Crippen molar-refractivity contribution >= 4 is 11.6 Å². The van der Waals surface area contributed by atoms with Gasteiger partial charge in [-0.15, -0.1) is 0 Å². The van der Waals surface area contributed by atoms with Gasteiger partial charge in [0.05, 0.1) is 12.9 Å². The first kappa shape index (κ1) is 15.9. The summed E-state index contributed by atoms with van der Waals surface area (Å²) in [4.78, 5) is 4.01. The zero-order chi connectivity index (χ0) is 15.3. The van der Waals surface area contributed by atoms with Gasteiger partial charge in [-0.05, 0) is 39.0 Å². The molecule has 0 aliphatic rings. The first-order chi connectivity index (χ1) is 9.94. The van der Waals surface area contributed by atoms with Crippen LogP contribution in [0, 0.1) is 0 Å². The fraction of sp³-hybridized carbons (Fsp3) is 0.438. The van der Waals surface area contributed by atoms with Crippen LogP contribution in [0.5, 0.6) is 5.75 Å². The molecule has 0 fully saturated rings. The van der Waals surface area contributed by atoms with Crippen LogP contribution in [0.4, 0.5) is 0 Å². The highest BCUT2D eigenvalue weighted by molar-refractivity contribution is 6.30. The minimum Gasteiger partial charge on any atom is -0.491 e. The third kappa shape index (κ3) is 5.40. The van der Waals surface area contributed by atoms with Crippen LogP contribution in [-0.2, 0) is 13.1 Å². The normalized spacial score (nSPS) is 11.6. The lowest BCUT2D eigenvalue weighted by atomic mass is 10.1. The third-order valence-electron chi connectivity index (χ3n) is 3.00. The van der Waals surface area contributed by atoms with Crippen molar-refractivity contribution in [2.45, 2.75) is 39.4 Å². The van der Waals surface area contributed by atoms with Gasteiger partial charge < -0.3 is 14.6 Å². The molecule has 0 saturated carbocycles.